The van der Waals surface area contributed by atoms with E-state index in [1.807, 2.05) is 0 Å². The van der Waals surface area contributed by atoms with E-state index < -0.39 is 0 Å². The first-order valence-corrected chi connectivity index (χ1v) is 5.21. The Morgan fingerprint density at radius 3 is 2.29 bits per heavy atom. The summed E-state index contributed by atoms with van der Waals surface area (Å²) in [7, 11) is 0. The van der Waals surface area contributed by atoms with E-state index >= 15 is 0 Å². The Balaban J connectivity index is 2.71. The van der Waals surface area contributed by atoms with Crippen molar-refractivity contribution in [1.82, 2.24) is 0 Å². The van der Waals surface area contributed by atoms with Crippen LogP contribution < -0.4 is 0 Å². The molecule has 0 fully saturated rings. The fourth-order valence-electron chi connectivity index (χ4n) is 1.63. The highest BCUT2D eigenvalue weighted by Crippen LogP contribution is 2.19. The van der Waals surface area contributed by atoms with Gasteiger partial charge < -0.3 is 4.79 Å². The zero-order chi connectivity index (χ0) is 10.6. The van der Waals surface area contributed by atoms with Gasteiger partial charge in [-0.15, -0.1) is 0 Å². The van der Waals surface area contributed by atoms with E-state index in [9.17, 15) is 4.79 Å². The first kappa shape index (κ1) is 11.0. The number of ketones is 1. The lowest BCUT2D eigenvalue weighted by Crippen LogP contribution is -2.00. The van der Waals surface area contributed by atoms with Crippen LogP contribution in [0.3, 0.4) is 0 Å². The molecule has 1 atom stereocenters. The monoisotopic (exact) mass is 190 g/mol. The van der Waals surface area contributed by atoms with Crippen LogP contribution in [0.1, 0.15) is 44.2 Å². The number of aryl methyl sites for hydroxylation is 1. The maximum absolute atomic E-state index is 11.0. The minimum Gasteiger partial charge on any atom is -0.300 e. The lowest BCUT2D eigenvalue weighted by molar-refractivity contribution is -0.117. The quantitative estimate of drug-likeness (QED) is 0.711. The maximum atomic E-state index is 11.0. The predicted molar refractivity (Wildman–Crippen MR) is 59.5 cm³/mol. The Hall–Kier alpha value is -1.11. The number of Topliss-reactive ketones (excluding diaryl/α,β-unsaturated/α-hetero) is 1. The second-order valence-electron chi connectivity index (χ2n) is 3.90. The van der Waals surface area contributed by atoms with Gasteiger partial charge in [-0.05, 0) is 30.4 Å². The Kier molecular flexibility index (Phi) is 3.87. The number of hydrogen-bond donors (Lipinski definition) is 0. The van der Waals surface area contributed by atoms with Crippen molar-refractivity contribution in [2.45, 2.75) is 39.5 Å². The molecule has 0 radical (unpaired) electrons. The molecule has 0 saturated carbocycles. The van der Waals surface area contributed by atoms with Crippen molar-refractivity contribution in [3.8, 4) is 0 Å². The second kappa shape index (κ2) is 4.94. The summed E-state index contributed by atoms with van der Waals surface area (Å²) in [6.45, 7) is 5.90. The zero-order valence-electron chi connectivity index (χ0n) is 9.21. The largest absolute Gasteiger partial charge is 0.300 e. The minimum absolute atomic E-state index is 0.261. The van der Waals surface area contributed by atoms with Crippen molar-refractivity contribution in [2.75, 3.05) is 0 Å². The summed E-state index contributed by atoms with van der Waals surface area (Å²) in [6, 6.07) is 8.55. The molecule has 0 aliphatic carbocycles. The standard InChI is InChI=1S/C13H18O/c1-4-12-5-7-13(8-6-12)10(2)9-11(3)14/h5-8,10H,4,9H2,1-3H3/t10-/m1/s1. The Morgan fingerprint density at radius 1 is 1.29 bits per heavy atom. The fraction of sp³-hybridized carbons (Fsp3) is 0.462. The topological polar surface area (TPSA) is 17.1 Å². The van der Waals surface area contributed by atoms with Gasteiger partial charge >= 0.3 is 0 Å². The van der Waals surface area contributed by atoms with Gasteiger partial charge in [-0.3, -0.25) is 0 Å². The number of benzene rings is 1. The van der Waals surface area contributed by atoms with Gasteiger partial charge in [0.1, 0.15) is 5.78 Å². The molecule has 0 saturated heterocycles. The van der Waals surface area contributed by atoms with Crippen LogP contribution in [0, 0.1) is 0 Å². The van der Waals surface area contributed by atoms with E-state index in [-0.39, 0.29) is 5.78 Å². The van der Waals surface area contributed by atoms with Crippen LogP contribution in [0.5, 0.6) is 0 Å². The predicted octanol–water partition coefficient (Wildman–Crippen LogP) is 3.33. The van der Waals surface area contributed by atoms with Crippen LogP contribution in [-0.2, 0) is 11.2 Å². The Labute approximate surface area is 86.1 Å². The zero-order valence-corrected chi connectivity index (χ0v) is 9.21. The molecule has 1 nitrogen and oxygen atoms in total. The summed E-state index contributed by atoms with van der Waals surface area (Å²) in [4.78, 5) is 11.0. The molecule has 0 bridgehead atoms. The van der Waals surface area contributed by atoms with Crippen molar-refractivity contribution in [1.29, 1.82) is 0 Å². The van der Waals surface area contributed by atoms with Gasteiger partial charge in [-0.2, -0.15) is 0 Å². The molecule has 0 N–H and O–H groups in total. The van der Waals surface area contributed by atoms with Crippen molar-refractivity contribution in [3.63, 3.8) is 0 Å². The van der Waals surface area contributed by atoms with Gasteiger partial charge in [0.25, 0.3) is 0 Å². The third-order valence-electron chi connectivity index (χ3n) is 2.55. The molecule has 0 aromatic heterocycles. The van der Waals surface area contributed by atoms with Gasteiger partial charge in [-0.25, -0.2) is 0 Å². The van der Waals surface area contributed by atoms with Crippen LogP contribution in [0.4, 0.5) is 0 Å². The average molecular weight is 190 g/mol. The Morgan fingerprint density at radius 2 is 1.86 bits per heavy atom. The molecule has 1 aromatic rings. The first-order chi connectivity index (χ1) is 6.63. The number of carbonyl (C=O) groups is 1. The highest BCUT2D eigenvalue weighted by molar-refractivity contribution is 5.76. The van der Waals surface area contributed by atoms with Gasteiger partial charge in [0.05, 0.1) is 0 Å². The fourth-order valence-corrected chi connectivity index (χ4v) is 1.63. The van der Waals surface area contributed by atoms with Crippen molar-refractivity contribution < 1.29 is 4.79 Å². The minimum atomic E-state index is 0.261. The van der Waals surface area contributed by atoms with Crippen molar-refractivity contribution in [3.05, 3.63) is 35.4 Å². The van der Waals surface area contributed by atoms with E-state index in [0.717, 1.165) is 6.42 Å². The number of carbonyl (C=O) groups excluding carboxylic acids is 1. The molecule has 0 spiro atoms. The molecule has 0 aliphatic heterocycles. The highest BCUT2D eigenvalue weighted by atomic mass is 16.1. The number of rotatable bonds is 4. The summed E-state index contributed by atoms with van der Waals surface area (Å²) in [5.41, 5.74) is 2.61. The Bertz CT molecular complexity index is 298. The summed E-state index contributed by atoms with van der Waals surface area (Å²) in [6.07, 6.45) is 1.72. The molecule has 76 valence electrons. The van der Waals surface area contributed by atoms with E-state index in [4.69, 9.17) is 0 Å². The van der Waals surface area contributed by atoms with E-state index in [0.29, 0.717) is 12.3 Å². The van der Waals surface area contributed by atoms with Gasteiger partial charge in [0.2, 0.25) is 0 Å². The van der Waals surface area contributed by atoms with Crippen LogP contribution in [0.2, 0.25) is 0 Å². The average Bonchev–Trinajstić information content (AvgIpc) is 2.17. The van der Waals surface area contributed by atoms with Crippen LogP contribution in [0.15, 0.2) is 24.3 Å². The van der Waals surface area contributed by atoms with Gasteiger partial charge in [-0.1, -0.05) is 38.1 Å². The van der Waals surface area contributed by atoms with E-state index in [1.165, 1.54) is 11.1 Å². The van der Waals surface area contributed by atoms with Crippen LogP contribution in [-0.4, -0.2) is 5.78 Å². The summed E-state index contributed by atoms with van der Waals surface area (Å²) >= 11 is 0. The van der Waals surface area contributed by atoms with Crippen molar-refractivity contribution in [2.24, 2.45) is 0 Å². The van der Waals surface area contributed by atoms with E-state index in [1.54, 1.807) is 6.92 Å². The molecule has 0 unspecified atom stereocenters. The maximum Gasteiger partial charge on any atom is 0.130 e. The number of hydrogen-bond acceptors (Lipinski definition) is 1. The van der Waals surface area contributed by atoms with Crippen LogP contribution in [0.25, 0.3) is 0 Å². The molecular weight excluding hydrogens is 172 g/mol. The van der Waals surface area contributed by atoms with Crippen LogP contribution >= 0.6 is 0 Å². The molecule has 14 heavy (non-hydrogen) atoms. The summed E-state index contributed by atoms with van der Waals surface area (Å²) < 4.78 is 0. The summed E-state index contributed by atoms with van der Waals surface area (Å²) in [5.74, 6) is 0.607. The van der Waals surface area contributed by atoms with Crippen molar-refractivity contribution >= 4 is 5.78 Å². The normalized spacial score (nSPS) is 12.5. The molecule has 0 aliphatic rings. The summed E-state index contributed by atoms with van der Waals surface area (Å²) in [5, 5.41) is 0. The second-order valence-corrected chi connectivity index (χ2v) is 3.90. The SMILES string of the molecule is CCc1ccc([C@H](C)CC(C)=O)cc1. The first-order valence-electron chi connectivity index (χ1n) is 5.21. The molecule has 0 amide bonds. The lowest BCUT2D eigenvalue weighted by Gasteiger charge is -2.10. The molecular formula is C13H18O. The smallest absolute Gasteiger partial charge is 0.130 e. The molecule has 0 heterocycles. The molecule has 1 aromatic carbocycles. The molecule has 1 rings (SSSR count). The lowest BCUT2D eigenvalue weighted by atomic mass is 9.95. The van der Waals surface area contributed by atoms with Gasteiger partial charge in [0.15, 0.2) is 0 Å². The molecule has 1 heteroatoms. The van der Waals surface area contributed by atoms with E-state index in [2.05, 4.69) is 38.1 Å². The third-order valence-corrected chi connectivity index (χ3v) is 2.55. The highest BCUT2D eigenvalue weighted by Gasteiger charge is 2.07. The van der Waals surface area contributed by atoms with Gasteiger partial charge in [0, 0.05) is 6.42 Å². The third kappa shape index (κ3) is 2.99.